The summed E-state index contributed by atoms with van der Waals surface area (Å²) in [6.45, 7) is 8.66. The van der Waals surface area contributed by atoms with Crippen molar-refractivity contribution in [3.8, 4) is 0 Å². The Bertz CT molecular complexity index is 496. The number of hydrogen-bond acceptors (Lipinski definition) is 4. The number of hydrogen-bond donors (Lipinski definition) is 2. The summed E-state index contributed by atoms with van der Waals surface area (Å²) in [5.41, 5.74) is 8.32. The van der Waals surface area contributed by atoms with Crippen LogP contribution in [0.3, 0.4) is 0 Å². The van der Waals surface area contributed by atoms with Gasteiger partial charge in [0.2, 0.25) is 0 Å². The van der Waals surface area contributed by atoms with Crippen molar-refractivity contribution in [3.05, 3.63) is 29.8 Å². The zero-order valence-corrected chi connectivity index (χ0v) is 13.5. The first kappa shape index (κ1) is 16.8. The molecule has 5 nitrogen and oxygen atoms in total. The molecule has 0 amide bonds. The van der Waals surface area contributed by atoms with Crippen LogP contribution in [0, 0.1) is 0 Å². The van der Waals surface area contributed by atoms with Gasteiger partial charge in [-0.1, -0.05) is 12.1 Å². The van der Waals surface area contributed by atoms with Gasteiger partial charge in [0.1, 0.15) is 0 Å². The molecule has 0 bridgehead atoms. The molecule has 0 saturated carbocycles. The Hall–Kier alpha value is -1.59. The molecule has 0 spiro atoms. The fraction of sp³-hybridized carbons (Fsp3) is 0.588. The molecule has 3 N–H and O–H groups in total. The Labute approximate surface area is 132 Å². The third-order valence-corrected chi connectivity index (χ3v) is 4.38. The highest BCUT2D eigenvalue weighted by Crippen LogP contribution is 2.23. The van der Waals surface area contributed by atoms with Crippen LogP contribution in [0.1, 0.15) is 38.3 Å². The van der Waals surface area contributed by atoms with Gasteiger partial charge in [-0.3, -0.25) is 9.69 Å². The van der Waals surface area contributed by atoms with Gasteiger partial charge in [-0.05, 0) is 38.0 Å². The minimum Gasteiger partial charge on any atom is -0.481 e. The van der Waals surface area contributed by atoms with E-state index in [9.17, 15) is 4.79 Å². The summed E-state index contributed by atoms with van der Waals surface area (Å²) >= 11 is 0. The first-order chi connectivity index (χ1) is 10.5. The number of aliphatic carboxylic acids is 1. The lowest BCUT2D eigenvalue weighted by atomic mass is 10.0. The zero-order valence-electron chi connectivity index (χ0n) is 13.5. The van der Waals surface area contributed by atoms with Crippen LogP contribution >= 0.6 is 0 Å². The van der Waals surface area contributed by atoms with Gasteiger partial charge >= 0.3 is 5.97 Å². The Morgan fingerprint density at radius 3 is 2.55 bits per heavy atom. The Kier molecular flexibility index (Phi) is 5.80. The molecule has 122 valence electrons. The molecule has 1 aliphatic rings. The van der Waals surface area contributed by atoms with E-state index in [-0.39, 0.29) is 12.5 Å². The van der Waals surface area contributed by atoms with Crippen molar-refractivity contribution >= 4 is 11.7 Å². The lowest BCUT2D eigenvalue weighted by Gasteiger charge is -2.38. The van der Waals surface area contributed by atoms with Gasteiger partial charge in [-0.15, -0.1) is 0 Å². The fourth-order valence-electron chi connectivity index (χ4n) is 2.89. The number of benzene rings is 1. The summed E-state index contributed by atoms with van der Waals surface area (Å²) in [7, 11) is 0. The molecule has 1 heterocycles. The van der Waals surface area contributed by atoms with Crippen LogP contribution in [-0.2, 0) is 4.79 Å². The van der Waals surface area contributed by atoms with Crippen LogP contribution in [-0.4, -0.2) is 48.2 Å². The smallest absolute Gasteiger partial charge is 0.303 e. The van der Waals surface area contributed by atoms with Gasteiger partial charge in [0, 0.05) is 50.4 Å². The van der Waals surface area contributed by atoms with Gasteiger partial charge in [0.05, 0.1) is 0 Å². The second kappa shape index (κ2) is 7.61. The van der Waals surface area contributed by atoms with Crippen LogP contribution in [0.4, 0.5) is 5.69 Å². The van der Waals surface area contributed by atoms with Crippen molar-refractivity contribution in [1.29, 1.82) is 0 Å². The van der Waals surface area contributed by atoms with E-state index in [1.807, 2.05) is 12.1 Å². The standard InChI is InChI=1S/C17H27N3O2/c1-13(2)19-8-10-20(11-9-19)15-5-3-4-14(12-15)16(18)6-7-17(21)22/h3-5,12-13,16H,6-11,18H2,1-2H3,(H,21,22). The predicted molar refractivity (Wildman–Crippen MR) is 89.2 cm³/mol. The maximum absolute atomic E-state index is 10.7. The molecule has 22 heavy (non-hydrogen) atoms. The molecule has 0 radical (unpaired) electrons. The highest BCUT2D eigenvalue weighted by molar-refractivity contribution is 5.66. The van der Waals surface area contributed by atoms with Crippen LogP contribution < -0.4 is 10.6 Å². The molecule has 1 aromatic carbocycles. The zero-order chi connectivity index (χ0) is 16.1. The van der Waals surface area contributed by atoms with E-state index in [0.717, 1.165) is 31.7 Å². The number of carboxylic acid groups (broad SMARTS) is 1. The monoisotopic (exact) mass is 305 g/mol. The normalized spacial score (nSPS) is 17.7. The molecular weight excluding hydrogens is 278 g/mol. The number of carbonyl (C=O) groups is 1. The first-order valence-electron chi connectivity index (χ1n) is 8.03. The molecule has 1 aromatic rings. The quantitative estimate of drug-likeness (QED) is 0.842. The van der Waals surface area contributed by atoms with Crippen LogP contribution in [0.15, 0.2) is 24.3 Å². The van der Waals surface area contributed by atoms with Gasteiger partial charge in [0.15, 0.2) is 0 Å². The third kappa shape index (κ3) is 4.45. The second-order valence-corrected chi connectivity index (χ2v) is 6.25. The van der Waals surface area contributed by atoms with Crippen LogP contribution in [0.5, 0.6) is 0 Å². The SMILES string of the molecule is CC(C)N1CCN(c2cccc(C(N)CCC(=O)O)c2)CC1. The molecule has 2 rings (SSSR count). The lowest BCUT2D eigenvalue weighted by Crippen LogP contribution is -2.48. The topological polar surface area (TPSA) is 69.8 Å². The van der Waals surface area contributed by atoms with E-state index >= 15 is 0 Å². The van der Waals surface area contributed by atoms with E-state index in [0.29, 0.717) is 12.5 Å². The number of anilines is 1. The number of rotatable bonds is 6. The van der Waals surface area contributed by atoms with Crippen molar-refractivity contribution < 1.29 is 9.90 Å². The highest BCUT2D eigenvalue weighted by Gasteiger charge is 2.19. The van der Waals surface area contributed by atoms with E-state index < -0.39 is 5.97 Å². The average molecular weight is 305 g/mol. The molecule has 0 aliphatic carbocycles. The predicted octanol–water partition coefficient (Wildman–Crippen LogP) is 2.08. The van der Waals surface area contributed by atoms with Crippen molar-refractivity contribution in [2.75, 3.05) is 31.1 Å². The lowest BCUT2D eigenvalue weighted by molar-refractivity contribution is -0.137. The molecule has 1 atom stereocenters. The van der Waals surface area contributed by atoms with E-state index in [2.05, 4.69) is 35.8 Å². The second-order valence-electron chi connectivity index (χ2n) is 6.25. The maximum atomic E-state index is 10.7. The average Bonchev–Trinajstić information content (AvgIpc) is 2.52. The molecule has 1 unspecified atom stereocenters. The third-order valence-electron chi connectivity index (χ3n) is 4.38. The molecule has 1 aliphatic heterocycles. The van der Waals surface area contributed by atoms with E-state index in [1.165, 1.54) is 5.69 Å². The maximum Gasteiger partial charge on any atom is 0.303 e. The summed E-state index contributed by atoms with van der Waals surface area (Å²) < 4.78 is 0. The Morgan fingerprint density at radius 2 is 1.95 bits per heavy atom. The number of piperazine rings is 1. The molecule has 1 fully saturated rings. The first-order valence-corrected chi connectivity index (χ1v) is 8.03. The summed E-state index contributed by atoms with van der Waals surface area (Å²) in [6.07, 6.45) is 0.582. The molecule has 5 heteroatoms. The fourth-order valence-corrected chi connectivity index (χ4v) is 2.89. The molecule has 1 saturated heterocycles. The molecule has 0 aromatic heterocycles. The van der Waals surface area contributed by atoms with Crippen LogP contribution in [0.25, 0.3) is 0 Å². The van der Waals surface area contributed by atoms with E-state index in [1.54, 1.807) is 0 Å². The van der Waals surface area contributed by atoms with Gasteiger partial charge < -0.3 is 15.7 Å². The summed E-state index contributed by atoms with van der Waals surface area (Å²) in [5.74, 6) is -0.795. The molecular formula is C17H27N3O2. The van der Waals surface area contributed by atoms with Crippen molar-refractivity contribution in [3.63, 3.8) is 0 Å². The minimum absolute atomic E-state index is 0.110. The van der Waals surface area contributed by atoms with Crippen molar-refractivity contribution in [1.82, 2.24) is 4.90 Å². The van der Waals surface area contributed by atoms with Gasteiger partial charge in [0.25, 0.3) is 0 Å². The summed E-state index contributed by atoms with van der Waals surface area (Å²) in [4.78, 5) is 15.5. The van der Waals surface area contributed by atoms with Crippen molar-refractivity contribution in [2.24, 2.45) is 5.73 Å². The van der Waals surface area contributed by atoms with E-state index in [4.69, 9.17) is 10.8 Å². The summed E-state index contributed by atoms with van der Waals surface area (Å²) in [6, 6.07) is 8.60. The largest absolute Gasteiger partial charge is 0.481 e. The van der Waals surface area contributed by atoms with Gasteiger partial charge in [-0.25, -0.2) is 0 Å². The number of carboxylic acids is 1. The minimum atomic E-state index is -0.795. The number of nitrogens with zero attached hydrogens (tertiary/aromatic N) is 2. The van der Waals surface area contributed by atoms with Crippen LogP contribution in [0.2, 0.25) is 0 Å². The number of nitrogens with two attached hydrogens (primary N) is 1. The summed E-state index contributed by atoms with van der Waals surface area (Å²) in [5, 5.41) is 8.77. The highest BCUT2D eigenvalue weighted by atomic mass is 16.4. The Balaban J connectivity index is 1.98. The Morgan fingerprint density at radius 1 is 1.27 bits per heavy atom. The van der Waals surface area contributed by atoms with Gasteiger partial charge in [-0.2, -0.15) is 0 Å². The van der Waals surface area contributed by atoms with Crippen molar-refractivity contribution in [2.45, 2.75) is 38.8 Å².